The Morgan fingerprint density at radius 2 is 1.24 bits per heavy atom. The van der Waals surface area contributed by atoms with Crippen molar-refractivity contribution in [1.82, 2.24) is 9.55 Å². The van der Waals surface area contributed by atoms with Crippen molar-refractivity contribution in [2.24, 2.45) is 23.7 Å². The van der Waals surface area contributed by atoms with E-state index < -0.39 is 0 Å². The second-order valence-electron chi connectivity index (χ2n) is 13.3. The fraction of sp³-hybridized carbons (Fsp3) is 0.256. The topological polar surface area (TPSA) is 17.8 Å². The van der Waals surface area contributed by atoms with Crippen LogP contribution >= 0.6 is 0 Å². The lowest BCUT2D eigenvalue weighted by molar-refractivity contribution is -0.0399. The minimum Gasteiger partial charge on any atom is -0.294 e. The number of hydrogen-bond acceptors (Lipinski definition) is 1. The molecule has 0 unspecified atom stereocenters. The van der Waals surface area contributed by atoms with Gasteiger partial charge in [0.15, 0.2) is 0 Å². The molecule has 4 bridgehead atoms. The highest BCUT2D eigenvalue weighted by molar-refractivity contribution is 6.10. The van der Waals surface area contributed by atoms with Gasteiger partial charge in [-0.1, -0.05) is 66.7 Å². The monoisotopic (exact) mass is 528 g/mol. The average Bonchev–Trinajstić information content (AvgIpc) is 3.50. The third-order valence-corrected chi connectivity index (χ3v) is 11.4. The number of hydrogen-bond donors (Lipinski definition) is 0. The number of fused-ring (bicyclic) bond motifs is 6. The lowest BCUT2D eigenvalue weighted by Crippen LogP contribution is -2.55. The first-order chi connectivity index (χ1) is 20.3. The maximum Gasteiger partial charge on any atom is 0.137 e. The fourth-order valence-electron chi connectivity index (χ4n) is 10.2. The zero-order valence-electron chi connectivity index (χ0n) is 23.1. The van der Waals surface area contributed by atoms with E-state index in [1.165, 1.54) is 76.2 Å². The molecule has 6 aromatic rings. The van der Waals surface area contributed by atoms with Gasteiger partial charge in [0.2, 0.25) is 0 Å². The van der Waals surface area contributed by atoms with E-state index in [0.717, 1.165) is 29.5 Å². The van der Waals surface area contributed by atoms with Gasteiger partial charge in [-0.25, -0.2) is 4.98 Å². The molecule has 0 amide bonds. The first kappa shape index (κ1) is 22.5. The van der Waals surface area contributed by atoms with Crippen LogP contribution in [0.1, 0.15) is 43.2 Å². The smallest absolute Gasteiger partial charge is 0.137 e. The fourth-order valence-corrected chi connectivity index (χ4v) is 10.2. The number of nitrogens with zero attached hydrogens (tertiary/aromatic N) is 2. The summed E-state index contributed by atoms with van der Waals surface area (Å²) in [5, 5.41) is 2.55. The summed E-state index contributed by atoms with van der Waals surface area (Å²) in [4.78, 5) is 4.70. The van der Waals surface area contributed by atoms with Crippen molar-refractivity contribution in [2.75, 3.05) is 0 Å². The first-order valence-corrected chi connectivity index (χ1v) is 15.5. The number of aromatic nitrogens is 2. The Kier molecular flexibility index (Phi) is 4.38. The highest BCUT2D eigenvalue weighted by atomic mass is 15.1. The number of benzene rings is 4. The van der Waals surface area contributed by atoms with Gasteiger partial charge in [0.25, 0.3) is 0 Å². The standard InChI is InChI=1S/C39H32N2/c1-3-9-34-30(7-1)32-22-26(12-14-35(32)39(34)28-18-24-17-25(20-28)21-29(39)19-24)27-13-15-37-33(23-27)31-8-2-4-10-36(31)41(37)38-11-5-6-16-40-38/h1-16,22-25,28-29H,17-21H2. The largest absolute Gasteiger partial charge is 0.294 e. The minimum absolute atomic E-state index is 0.234. The Morgan fingerprint density at radius 1 is 0.561 bits per heavy atom. The molecule has 11 rings (SSSR count). The van der Waals surface area contributed by atoms with Crippen LogP contribution in [0.3, 0.4) is 0 Å². The van der Waals surface area contributed by atoms with Crippen LogP contribution in [0.2, 0.25) is 0 Å². The lowest BCUT2D eigenvalue weighted by Gasteiger charge is -2.61. The molecule has 4 aromatic carbocycles. The van der Waals surface area contributed by atoms with E-state index >= 15 is 0 Å². The van der Waals surface area contributed by atoms with Gasteiger partial charge in [-0.2, -0.15) is 0 Å². The molecule has 4 saturated carbocycles. The Labute approximate surface area is 240 Å². The molecule has 0 N–H and O–H groups in total. The van der Waals surface area contributed by atoms with Gasteiger partial charge in [-0.3, -0.25) is 4.57 Å². The summed E-state index contributed by atoms with van der Waals surface area (Å²) < 4.78 is 2.30. The molecular weight excluding hydrogens is 496 g/mol. The van der Waals surface area contributed by atoms with Gasteiger partial charge < -0.3 is 0 Å². The summed E-state index contributed by atoms with van der Waals surface area (Å²) in [7, 11) is 0. The lowest BCUT2D eigenvalue weighted by atomic mass is 9.43. The Balaban J connectivity index is 1.16. The molecule has 198 valence electrons. The van der Waals surface area contributed by atoms with Crippen LogP contribution in [0, 0.1) is 23.7 Å². The molecule has 2 heterocycles. The molecule has 0 saturated heterocycles. The SMILES string of the molecule is c1ccc(-n2c3ccccc3c3cc(-c4ccc5c(c4)-c4ccccc4C54C5CC6CC(C5)CC4C6)ccc32)nc1. The zero-order chi connectivity index (χ0) is 26.7. The van der Waals surface area contributed by atoms with Gasteiger partial charge >= 0.3 is 0 Å². The molecule has 0 aliphatic heterocycles. The van der Waals surface area contributed by atoms with Gasteiger partial charge in [-0.15, -0.1) is 0 Å². The molecular formula is C39H32N2. The van der Waals surface area contributed by atoms with Crippen molar-refractivity contribution in [3.8, 4) is 28.1 Å². The number of rotatable bonds is 2. The highest BCUT2D eigenvalue weighted by Gasteiger charge is 2.61. The number of pyridine rings is 1. The van der Waals surface area contributed by atoms with E-state index in [9.17, 15) is 0 Å². The summed E-state index contributed by atoms with van der Waals surface area (Å²) in [6.45, 7) is 0. The van der Waals surface area contributed by atoms with Gasteiger partial charge in [0.1, 0.15) is 5.82 Å². The van der Waals surface area contributed by atoms with Crippen LogP contribution in [0.5, 0.6) is 0 Å². The third kappa shape index (κ3) is 2.86. The van der Waals surface area contributed by atoms with E-state index in [1.54, 1.807) is 11.1 Å². The summed E-state index contributed by atoms with van der Waals surface area (Å²) in [6.07, 6.45) is 9.09. The second-order valence-corrected chi connectivity index (χ2v) is 13.3. The van der Waals surface area contributed by atoms with Crippen LogP contribution in [0.15, 0.2) is 109 Å². The van der Waals surface area contributed by atoms with Crippen LogP contribution in [-0.2, 0) is 5.41 Å². The summed E-state index contributed by atoms with van der Waals surface area (Å²) in [5.41, 5.74) is 11.5. The summed E-state index contributed by atoms with van der Waals surface area (Å²) >= 11 is 0. The van der Waals surface area contributed by atoms with E-state index in [2.05, 4.69) is 102 Å². The molecule has 5 aliphatic rings. The van der Waals surface area contributed by atoms with Crippen LogP contribution < -0.4 is 0 Å². The normalized spacial score (nSPS) is 27.1. The predicted molar refractivity (Wildman–Crippen MR) is 167 cm³/mol. The van der Waals surface area contributed by atoms with Crippen molar-refractivity contribution >= 4 is 21.8 Å². The highest BCUT2D eigenvalue weighted by Crippen LogP contribution is 2.69. The van der Waals surface area contributed by atoms with Gasteiger partial charge in [0, 0.05) is 22.4 Å². The second kappa shape index (κ2) is 7.97. The maximum absolute atomic E-state index is 4.70. The van der Waals surface area contributed by atoms with Crippen molar-refractivity contribution in [2.45, 2.75) is 37.5 Å². The van der Waals surface area contributed by atoms with Crippen molar-refractivity contribution in [1.29, 1.82) is 0 Å². The van der Waals surface area contributed by atoms with E-state index in [4.69, 9.17) is 4.98 Å². The average molecular weight is 529 g/mol. The molecule has 2 heteroatoms. The molecule has 2 nitrogen and oxygen atoms in total. The summed E-state index contributed by atoms with van der Waals surface area (Å²) in [5.74, 6) is 4.51. The van der Waals surface area contributed by atoms with Gasteiger partial charge in [-0.05, 0) is 126 Å². The van der Waals surface area contributed by atoms with Crippen molar-refractivity contribution in [3.63, 3.8) is 0 Å². The van der Waals surface area contributed by atoms with E-state index in [1.807, 2.05) is 12.3 Å². The quantitative estimate of drug-likeness (QED) is 0.219. The van der Waals surface area contributed by atoms with Gasteiger partial charge in [0.05, 0.1) is 11.0 Å². The maximum atomic E-state index is 4.70. The van der Waals surface area contributed by atoms with E-state index in [-0.39, 0.29) is 5.41 Å². The number of para-hydroxylation sites is 1. The molecule has 0 radical (unpaired) electrons. The molecule has 0 atom stereocenters. The molecule has 41 heavy (non-hydrogen) atoms. The van der Waals surface area contributed by atoms with E-state index in [0.29, 0.717) is 0 Å². The molecule has 5 aliphatic carbocycles. The van der Waals surface area contributed by atoms with Crippen molar-refractivity contribution < 1.29 is 0 Å². The zero-order valence-corrected chi connectivity index (χ0v) is 23.1. The van der Waals surface area contributed by atoms with Crippen LogP contribution in [0.4, 0.5) is 0 Å². The first-order valence-electron chi connectivity index (χ1n) is 15.5. The van der Waals surface area contributed by atoms with Crippen LogP contribution in [0.25, 0.3) is 49.9 Å². The van der Waals surface area contributed by atoms with Crippen molar-refractivity contribution in [3.05, 3.63) is 120 Å². The predicted octanol–water partition coefficient (Wildman–Crippen LogP) is 9.57. The third-order valence-electron chi connectivity index (χ3n) is 11.4. The molecule has 1 spiro atoms. The Bertz CT molecular complexity index is 1980. The summed E-state index contributed by atoms with van der Waals surface area (Å²) in [6, 6.07) is 38.8. The minimum atomic E-state index is 0.234. The molecule has 4 fully saturated rings. The van der Waals surface area contributed by atoms with Crippen LogP contribution in [-0.4, -0.2) is 9.55 Å². The molecule has 2 aromatic heterocycles. The Morgan fingerprint density at radius 3 is 2.07 bits per heavy atom. The Hall–Kier alpha value is -4.17.